The van der Waals surface area contributed by atoms with Crippen molar-refractivity contribution in [2.75, 3.05) is 0 Å². The summed E-state index contributed by atoms with van der Waals surface area (Å²) in [6, 6.07) is 13.3. The first-order valence-corrected chi connectivity index (χ1v) is 8.54. The summed E-state index contributed by atoms with van der Waals surface area (Å²) >= 11 is 0. The Bertz CT molecular complexity index is 1080. The third-order valence-corrected chi connectivity index (χ3v) is 4.13. The minimum atomic E-state index is -0.170. The van der Waals surface area contributed by atoms with Crippen LogP contribution in [0.15, 0.2) is 59.9 Å². The highest BCUT2D eigenvalue weighted by molar-refractivity contribution is 5.48. The molecule has 0 amide bonds. The molecule has 0 bridgehead atoms. The molecule has 4 rings (SSSR count). The van der Waals surface area contributed by atoms with E-state index in [0.29, 0.717) is 30.4 Å². The van der Waals surface area contributed by atoms with Crippen LogP contribution >= 0.6 is 0 Å². The Kier molecular flexibility index (Phi) is 4.56. The Labute approximate surface area is 154 Å². The van der Waals surface area contributed by atoms with Crippen molar-refractivity contribution >= 4 is 0 Å². The largest absolute Gasteiger partial charge is 0.268 e. The van der Waals surface area contributed by atoms with Crippen molar-refractivity contribution in [3.63, 3.8) is 0 Å². The van der Waals surface area contributed by atoms with Gasteiger partial charge in [-0.3, -0.25) is 4.79 Å². The molecule has 136 valence electrons. The van der Waals surface area contributed by atoms with Crippen LogP contribution in [-0.4, -0.2) is 39.3 Å². The third kappa shape index (κ3) is 3.81. The fourth-order valence-corrected chi connectivity index (χ4v) is 2.76. The highest BCUT2D eigenvalue weighted by Crippen LogP contribution is 2.15. The van der Waals surface area contributed by atoms with E-state index >= 15 is 0 Å². The van der Waals surface area contributed by atoms with Crippen molar-refractivity contribution in [1.82, 2.24) is 39.3 Å². The van der Waals surface area contributed by atoms with Gasteiger partial charge < -0.3 is 0 Å². The molecule has 0 spiro atoms. The van der Waals surface area contributed by atoms with Crippen LogP contribution in [0.5, 0.6) is 0 Å². The first-order valence-electron chi connectivity index (χ1n) is 8.54. The quantitative estimate of drug-likeness (QED) is 0.506. The van der Waals surface area contributed by atoms with Gasteiger partial charge >= 0.3 is 0 Å². The van der Waals surface area contributed by atoms with Gasteiger partial charge in [-0.1, -0.05) is 30.3 Å². The molecule has 0 unspecified atom stereocenters. The topological polar surface area (TPSA) is 96.3 Å². The molecule has 0 fully saturated rings. The number of hydrogen-bond acceptors (Lipinski definition) is 6. The van der Waals surface area contributed by atoms with Gasteiger partial charge in [-0.05, 0) is 18.1 Å². The smallest absolute Gasteiger partial charge is 0.266 e. The van der Waals surface area contributed by atoms with E-state index in [4.69, 9.17) is 0 Å². The number of aromatic nitrogens is 8. The second kappa shape index (κ2) is 7.32. The van der Waals surface area contributed by atoms with Crippen LogP contribution in [0.1, 0.15) is 11.4 Å². The minimum absolute atomic E-state index is 0.170. The first kappa shape index (κ1) is 16.8. The average Bonchev–Trinajstić information content (AvgIpc) is 3.33. The second-order valence-corrected chi connectivity index (χ2v) is 6.08. The van der Waals surface area contributed by atoms with Crippen molar-refractivity contribution in [3.05, 3.63) is 76.9 Å². The maximum atomic E-state index is 11.7. The van der Waals surface area contributed by atoms with Crippen molar-refractivity contribution in [2.45, 2.75) is 19.5 Å². The maximum absolute atomic E-state index is 11.7. The summed E-state index contributed by atoms with van der Waals surface area (Å²) in [5, 5.41) is 13.0. The predicted molar refractivity (Wildman–Crippen MR) is 97.8 cm³/mol. The molecule has 27 heavy (non-hydrogen) atoms. The van der Waals surface area contributed by atoms with E-state index in [1.54, 1.807) is 24.1 Å². The van der Waals surface area contributed by atoms with Crippen molar-refractivity contribution in [3.8, 4) is 11.5 Å². The van der Waals surface area contributed by atoms with Gasteiger partial charge in [0, 0.05) is 19.7 Å². The summed E-state index contributed by atoms with van der Waals surface area (Å²) in [5.41, 5.74) is 1.64. The Balaban J connectivity index is 1.66. The van der Waals surface area contributed by atoms with Crippen LogP contribution in [0.25, 0.3) is 11.5 Å². The van der Waals surface area contributed by atoms with Gasteiger partial charge in [-0.2, -0.15) is 15.3 Å². The number of benzene rings is 1. The lowest BCUT2D eigenvalue weighted by Gasteiger charge is -2.06. The van der Waals surface area contributed by atoms with E-state index in [1.807, 2.05) is 22.9 Å². The zero-order valence-electron chi connectivity index (χ0n) is 14.8. The lowest BCUT2D eigenvalue weighted by atomic mass is 10.1. The van der Waals surface area contributed by atoms with Gasteiger partial charge in [0.15, 0.2) is 11.6 Å². The highest BCUT2D eigenvalue weighted by Gasteiger charge is 2.15. The molecule has 0 aliphatic carbocycles. The van der Waals surface area contributed by atoms with Gasteiger partial charge in [0.1, 0.15) is 24.9 Å². The molecule has 0 saturated heterocycles. The van der Waals surface area contributed by atoms with E-state index in [2.05, 4.69) is 37.4 Å². The van der Waals surface area contributed by atoms with Crippen LogP contribution in [0.2, 0.25) is 0 Å². The molecular weight excluding hydrogens is 344 g/mol. The molecule has 1 aromatic carbocycles. The summed E-state index contributed by atoms with van der Waals surface area (Å²) in [4.78, 5) is 20.2. The number of aryl methyl sites for hydroxylation is 3. The summed E-state index contributed by atoms with van der Waals surface area (Å²) in [7, 11) is 1.62. The Morgan fingerprint density at radius 1 is 1.04 bits per heavy atom. The van der Waals surface area contributed by atoms with E-state index in [1.165, 1.54) is 22.6 Å². The fraction of sp³-hybridized carbons (Fsp3) is 0.222. The molecule has 3 aromatic heterocycles. The molecule has 4 aromatic rings. The van der Waals surface area contributed by atoms with E-state index in [9.17, 15) is 4.79 Å². The van der Waals surface area contributed by atoms with Crippen molar-refractivity contribution in [2.24, 2.45) is 7.05 Å². The summed E-state index contributed by atoms with van der Waals surface area (Å²) < 4.78 is 4.78. The van der Waals surface area contributed by atoms with E-state index < -0.39 is 0 Å². The molecular formula is C18H18N8O. The monoisotopic (exact) mass is 362 g/mol. The minimum Gasteiger partial charge on any atom is -0.268 e. The molecule has 0 atom stereocenters. The number of rotatable bonds is 6. The van der Waals surface area contributed by atoms with Crippen LogP contribution in [0.3, 0.4) is 0 Å². The van der Waals surface area contributed by atoms with Crippen LogP contribution < -0.4 is 5.56 Å². The molecule has 0 N–H and O–H groups in total. The zero-order valence-corrected chi connectivity index (χ0v) is 14.8. The van der Waals surface area contributed by atoms with Crippen LogP contribution in [0.4, 0.5) is 0 Å². The summed E-state index contributed by atoms with van der Waals surface area (Å²) in [6.45, 7) is 1.06. The third-order valence-electron chi connectivity index (χ3n) is 4.13. The second-order valence-electron chi connectivity index (χ2n) is 6.08. The summed E-state index contributed by atoms with van der Waals surface area (Å²) in [5.74, 6) is 1.23. The van der Waals surface area contributed by atoms with Crippen molar-refractivity contribution < 1.29 is 0 Å². The van der Waals surface area contributed by atoms with E-state index in [0.717, 1.165) is 6.42 Å². The van der Waals surface area contributed by atoms with Gasteiger partial charge in [-0.15, -0.1) is 0 Å². The van der Waals surface area contributed by atoms with Gasteiger partial charge in [0.05, 0.1) is 0 Å². The molecule has 0 aliphatic rings. The zero-order chi connectivity index (χ0) is 18.6. The molecule has 0 aliphatic heterocycles. The molecule has 3 heterocycles. The standard InChI is InChI=1S/C18H18N8O/c1-24-17(27)8-7-15(22-24)18-21-16(11-25-13-19-12-20-25)23-26(18)10-9-14-5-3-2-4-6-14/h2-8,12-13H,9-11H2,1H3. The van der Waals surface area contributed by atoms with Crippen molar-refractivity contribution in [1.29, 1.82) is 0 Å². The Morgan fingerprint density at radius 2 is 1.89 bits per heavy atom. The summed E-state index contributed by atoms with van der Waals surface area (Å²) in [6.07, 6.45) is 3.91. The van der Waals surface area contributed by atoms with Crippen LogP contribution in [-0.2, 0) is 26.6 Å². The predicted octanol–water partition coefficient (Wildman–Crippen LogP) is 0.921. The SMILES string of the molecule is Cn1nc(-c2nc(Cn3cncn3)nn2CCc2ccccc2)ccc1=O. The Morgan fingerprint density at radius 3 is 2.63 bits per heavy atom. The number of nitrogens with zero attached hydrogens (tertiary/aromatic N) is 8. The fourth-order valence-electron chi connectivity index (χ4n) is 2.76. The first-order chi connectivity index (χ1) is 13.2. The molecule has 0 saturated carbocycles. The van der Waals surface area contributed by atoms with Gasteiger partial charge in [0.2, 0.25) is 0 Å². The molecule has 9 nitrogen and oxygen atoms in total. The van der Waals surface area contributed by atoms with Crippen LogP contribution in [0, 0.1) is 0 Å². The van der Waals surface area contributed by atoms with Gasteiger partial charge in [0.25, 0.3) is 5.56 Å². The Hall–Kier alpha value is -3.62. The van der Waals surface area contributed by atoms with Gasteiger partial charge in [-0.25, -0.2) is 24.0 Å². The average molecular weight is 362 g/mol. The number of hydrogen-bond donors (Lipinski definition) is 0. The maximum Gasteiger partial charge on any atom is 0.266 e. The molecule has 0 radical (unpaired) electrons. The highest BCUT2D eigenvalue weighted by atomic mass is 16.1. The lowest BCUT2D eigenvalue weighted by molar-refractivity contribution is 0.590. The molecule has 9 heteroatoms. The van der Waals surface area contributed by atoms with E-state index in [-0.39, 0.29) is 5.56 Å². The lowest BCUT2D eigenvalue weighted by Crippen LogP contribution is -2.19. The normalized spacial score (nSPS) is 11.0.